The molecule has 0 N–H and O–H groups in total. The first-order valence-electron chi connectivity index (χ1n) is 7.28. The molecule has 0 atom stereocenters. The van der Waals surface area contributed by atoms with Crippen molar-refractivity contribution in [3.05, 3.63) is 29.8 Å². The maximum Gasteiger partial charge on any atom is 0.417 e. The van der Waals surface area contributed by atoms with Crippen LogP contribution in [0.1, 0.15) is 38.2 Å². The lowest BCUT2D eigenvalue weighted by molar-refractivity contribution is -0.139. The molecule has 1 saturated carbocycles. The summed E-state index contributed by atoms with van der Waals surface area (Å²) in [7, 11) is -2.78. The molecule has 0 aromatic heterocycles. The third-order valence-corrected chi connectivity index (χ3v) is 6.32. The van der Waals surface area contributed by atoms with Gasteiger partial charge in [-0.2, -0.15) is 17.5 Å². The van der Waals surface area contributed by atoms with Crippen LogP contribution < -0.4 is 0 Å². The van der Waals surface area contributed by atoms with Crippen molar-refractivity contribution in [2.45, 2.75) is 49.7 Å². The van der Waals surface area contributed by atoms with Crippen LogP contribution in [0.2, 0.25) is 0 Å². The average Bonchev–Trinajstić information content (AvgIpc) is 2.46. The largest absolute Gasteiger partial charge is 0.417 e. The van der Waals surface area contributed by atoms with E-state index in [-0.39, 0.29) is 6.04 Å². The van der Waals surface area contributed by atoms with Gasteiger partial charge >= 0.3 is 6.18 Å². The van der Waals surface area contributed by atoms with Gasteiger partial charge in [0.15, 0.2) is 0 Å². The fourth-order valence-corrected chi connectivity index (χ4v) is 4.51. The third kappa shape index (κ3) is 3.46. The molecule has 3 nitrogen and oxygen atoms in total. The molecular weight excluding hydrogens is 315 g/mol. The highest BCUT2D eigenvalue weighted by atomic mass is 32.2. The Bertz CT molecular complexity index is 620. The molecule has 0 saturated heterocycles. The van der Waals surface area contributed by atoms with E-state index in [9.17, 15) is 21.6 Å². The van der Waals surface area contributed by atoms with Crippen molar-refractivity contribution in [1.82, 2.24) is 4.31 Å². The predicted octanol–water partition coefficient (Wildman–Crippen LogP) is 3.90. The van der Waals surface area contributed by atoms with E-state index in [1.54, 1.807) is 0 Å². The van der Waals surface area contributed by atoms with E-state index in [0.29, 0.717) is 18.8 Å². The average molecular weight is 335 g/mol. The highest BCUT2D eigenvalue weighted by molar-refractivity contribution is 7.89. The lowest BCUT2D eigenvalue weighted by atomic mass is 9.87. The fourth-order valence-electron chi connectivity index (χ4n) is 2.88. The number of nitrogens with zero attached hydrogens (tertiary/aromatic N) is 1. The molecule has 124 valence electrons. The zero-order valence-electron chi connectivity index (χ0n) is 12.6. The van der Waals surface area contributed by atoms with Gasteiger partial charge in [-0.1, -0.05) is 19.1 Å². The first-order valence-corrected chi connectivity index (χ1v) is 8.72. The van der Waals surface area contributed by atoms with Crippen LogP contribution in [0.5, 0.6) is 0 Å². The summed E-state index contributed by atoms with van der Waals surface area (Å²) in [4.78, 5) is -0.663. The van der Waals surface area contributed by atoms with Crippen molar-refractivity contribution < 1.29 is 21.6 Å². The number of hydrogen-bond donors (Lipinski definition) is 0. The standard InChI is InChI=1S/C15H20F3NO2S/c1-11-7-9-12(10-8-11)19(2)22(20,21)14-6-4-3-5-13(14)15(16,17)18/h3-6,11-12H,7-10H2,1-2H3. The number of halogens is 3. The summed E-state index contributed by atoms with van der Waals surface area (Å²) in [5.74, 6) is 0.537. The second-order valence-corrected chi connectivity index (χ2v) is 7.89. The maximum atomic E-state index is 13.1. The molecule has 1 aliphatic rings. The summed E-state index contributed by atoms with van der Waals surface area (Å²) in [6.07, 6.45) is -1.53. The minimum atomic E-state index is -4.69. The molecule has 2 rings (SSSR count). The Morgan fingerprint density at radius 2 is 1.64 bits per heavy atom. The smallest absolute Gasteiger partial charge is 0.207 e. The molecule has 0 unspecified atom stereocenters. The Labute approximate surface area is 129 Å². The maximum absolute atomic E-state index is 13.1. The van der Waals surface area contributed by atoms with Crippen LogP contribution >= 0.6 is 0 Å². The molecule has 0 heterocycles. The zero-order chi connectivity index (χ0) is 16.5. The van der Waals surface area contributed by atoms with Gasteiger partial charge < -0.3 is 0 Å². The van der Waals surface area contributed by atoms with Crippen LogP contribution in [-0.4, -0.2) is 25.8 Å². The molecule has 7 heteroatoms. The monoisotopic (exact) mass is 335 g/mol. The van der Waals surface area contributed by atoms with Crippen molar-refractivity contribution in [2.24, 2.45) is 5.92 Å². The first kappa shape index (κ1) is 17.3. The van der Waals surface area contributed by atoms with Crippen molar-refractivity contribution >= 4 is 10.0 Å². The summed E-state index contributed by atoms with van der Waals surface area (Å²) >= 11 is 0. The number of benzene rings is 1. The Morgan fingerprint density at radius 3 is 2.18 bits per heavy atom. The summed E-state index contributed by atoms with van der Waals surface area (Å²) in [6.45, 7) is 2.10. The summed E-state index contributed by atoms with van der Waals surface area (Å²) < 4.78 is 65.5. The number of alkyl halides is 3. The highest BCUT2D eigenvalue weighted by Gasteiger charge is 2.39. The van der Waals surface area contributed by atoms with Crippen LogP contribution in [0.15, 0.2) is 29.2 Å². The van der Waals surface area contributed by atoms with Crippen molar-refractivity contribution in [2.75, 3.05) is 7.05 Å². The summed E-state index contributed by atoms with van der Waals surface area (Å²) in [6, 6.07) is 4.12. The van der Waals surface area contributed by atoms with Gasteiger partial charge in [0.25, 0.3) is 0 Å². The Morgan fingerprint density at radius 1 is 1.09 bits per heavy atom. The lowest BCUT2D eigenvalue weighted by Crippen LogP contribution is -2.39. The van der Waals surface area contributed by atoms with Crippen molar-refractivity contribution in [3.8, 4) is 0 Å². The number of sulfonamides is 1. The van der Waals surface area contributed by atoms with Gasteiger partial charge in [-0.3, -0.25) is 0 Å². The molecule has 0 spiro atoms. The van der Waals surface area contributed by atoms with Crippen LogP contribution in [-0.2, 0) is 16.2 Å². The van der Waals surface area contributed by atoms with Gasteiger partial charge in [-0.05, 0) is 43.7 Å². The molecule has 1 aromatic rings. The molecule has 1 aliphatic carbocycles. The fraction of sp³-hybridized carbons (Fsp3) is 0.600. The molecule has 0 bridgehead atoms. The quantitative estimate of drug-likeness (QED) is 0.840. The van der Waals surface area contributed by atoms with E-state index >= 15 is 0 Å². The zero-order valence-corrected chi connectivity index (χ0v) is 13.4. The molecule has 22 heavy (non-hydrogen) atoms. The van der Waals surface area contributed by atoms with Crippen LogP contribution in [0, 0.1) is 5.92 Å². The Balaban J connectivity index is 2.35. The second kappa shape index (κ2) is 6.20. The van der Waals surface area contributed by atoms with E-state index in [4.69, 9.17) is 0 Å². The minimum Gasteiger partial charge on any atom is -0.207 e. The molecular formula is C15H20F3NO2S. The normalized spacial score (nSPS) is 23.7. The molecule has 0 aliphatic heterocycles. The topological polar surface area (TPSA) is 37.4 Å². The third-order valence-electron chi connectivity index (χ3n) is 4.35. The predicted molar refractivity (Wildman–Crippen MR) is 77.8 cm³/mol. The number of rotatable bonds is 3. The van der Waals surface area contributed by atoms with Crippen molar-refractivity contribution in [3.63, 3.8) is 0 Å². The van der Waals surface area contributed by atoms with Gasteiger partial charge in [0.2, 0.25) is 10.0 Å². The second-order valence-electron chi connectivity index (χ2n) is 5.93. The minimum absolute atomic E-state index is 0.234. The van der Waals surface area contributed by atoms with Crippen LogP contribution in [0.25, 0.3) is 0 Å². The highest BCUT2D eigenvalue weighted by Crippen LogP contribution is 2.36. The Hall–Kier alpha value is -1.08. The molecule has 0 radical (unpaired) electrons. The van der Waals surface area contributed by atoms with Crippen LogP contribution in [0.3, 0.4) is 0 Å². The van der Waals surface area contributed by atoms with Crippen LogP contribution in [0.4, 0.5) is 13.2 Å². The molecule has 1 fully saturated rings. The van der Waals surface area contributed by atoms with Gasteiger partial charge in [0.1, 0.15) is 0 Å². The van der Waals surface area contributed by atoms with E-state index in [1.807, 2.05) is 0 Å². The lowest BCUT2D eigenvalue weighted by Gasteiger charge is -2.33. The SMILES string of the molecule is CC1CCC(N(C)S(=O)(=O)c2ccccc2C(F)(F)F)CC1. The van der Waals surface area contributed by atoms with E-state index in [0.717, 1.165) is 29.3 Å². The number of hydrogen-bond acceptors (Lipinski definition) is 2. The van der Waals surface area contributed by atoms with Gasteiger partial charge in [0.05, 0.1) is 10.5 Å². The molecule has 1 aromatic carbocycles. The van der Waals surface area contributed by atoms with E-state index in [2.05, 4.69) is 6.92 Å². The summed E-state index contributed by atoms with van der Waals surface area (Å²) in [5, 5.41) is 0. The van der Waals surface area contributed by atoms with Gasteiger partial charge in [0, 0.05) is 13.1 Å². The summed E-state index contributed by atoms with van der Waals surface area (Å²) in [5.41, 5.74) is -1.11. The first-order chi connectivity index (χ1) is 10.1. The van der Waals surface area contributed by atoms with E-state index < -0.39 is 26.7 Å². The molecule has 0 amide bonds. The van der Waals surface area contributed by atoms with Crippen molar-refractivity contribution in [1.29, 1.82) is 0 Å². The van der Waals surface area contributed by atoms with Gasteiger partial charge in [-0.15, -0.1) is 0 Å². The van der Waals surface area contributed by atoms with E-state index in [1.165, 1.54) is 19.2 Å². The Kier molecular flexibility index (Phi) is 4.87. The van der Waals surface area contributed by atoms with Gasteiger partial charge in [-0.25, -0.2) is 8.42 Å².